The molecule has 0 heteroatoms. The highest BCUT2D eigenvalue weighted by atomic mass is 14.3. The highest BCUT2D eigenvalue weighted by molar-refractivity contribution is 5.89. The van der Waals surface area contributed by atoms with Gasteiger partial charge >= 0.3 is 0 Å². The Hall–Kier alpha value is -7.80. The second kappa shape index (κ2) is 33.2. The van der Waals surface area contributed by atoms with Crippen LogP contribution in [0.25, 0.3) is 32.3 Å². The molecule has 0 aliphatic carbocycles. The highest BCUT2D eigenvalue weighted by Gasteiger charge is 2.22. The van der Waals surface area contributed by atoms with Crippen molar-refractivity contribution in [3.63, 3.8) is 0 Å². The molecular formula is C86H106. The number of hydrogen-bond donors (Lipinski definition) is 0. The van der Waals surface area contributed by atoms with Crippen molar-refractivity contribution in [2.75, 3.05) is 0 Å². The Kier molecular flexibility index (Phi) is 27.3. The van der Waals surface area contributed by atoms with E-state index in [1.807, 2.05) is 0 Å². The summed E-state index contributed by atoms with van der Waals surface area (Å²) in [7, 11) is 0. The van der Waals surface area contributed by atoms with Gasteiger partial charge in [0.15, 0.2) is 0 Å². The van der Waals surface area contributed by atoms with Crippen LogP contribution < -0.4 is 0 Å². The third-order valence-corrected chi connectivity index (χ3v) is 16.0. The zero-order valence-corrected chi connectivity index (χ0v) is 57.6. The van der Waals surface area contributed by atoms with E-state index in [4.69, 9.17) is 0 Å². The molecule has 0 nitrogen and oxygen atoms in total. The molecule has 0 aliphatic heterocycles. The van der Waals surface area contributed by atoms with Crippen molar-refractivity contribution >= 4 is 32.3 Å². The minimum Gasteiger partial charge on any atom is -0.0620 e. The van der Waals surface area contributed by atoms with E-state index in [1.165, 1.54) is 144 Å². The number of fused-ring (bicyclic) bond motifs is 3. The maximum absolute atomic E-state index is 2.37. The van der Waals surface area contributed by atoms with Crippen LogP contribution in [0.5, 0.6) is 0 Å². The van der Waals surface area contributed by atoms with Crippen LogP contribution >= 0.6 is 0 Å². The van der Waals surface area contributed by atoms with Crippen LogP contribution in [0.1, 0.15) is 153 Å². The second-order valence-electron chi connectivity index (χ2n) is 26.2. The zero-order valence-electron chi connectivity index (χ0n) is 57.6. The van der Waals surface area contributed by atoms with E-state index < -0.39 is 0 Å². The minimum absolute atomic E-state index is 0.241. The molecule has 0 unspecified atom stereocenters. The standard InChI is InChI=1S/C16H26.3C12H12.C10H14.3C8H10/c1-11-9-14(16(6,7)8)12(2)10-13(11)15(3,4)5;1-9-3-5-12-8-10(2)4-6-11(12)7-9;1-9-5-3-8-12-10(2)6-4-7-11(9)12;1-9-7-8-10(2)12-6-4-3-5-11(9)12;1-7-5-9(3)10(4)6-8(7)2;1-7-3-5-8(2)6-4-7;1-7-4-3-5-8(2)6-7;1-7-5-3-4-6-8(7)2/h9-10H,1-8H3;3*3-8H,1-2H3;5-6H,1-4H3;3*3-6H,1-2H3. The van der Waals surface area contributed by atoms with Gasteiger partial charge < -0.3 is 0 Å². The largest absolute Gasteiger partial charge is 0.0620 e. The van der Waals surface area contributed by atoms with Crippen molar-refractivity contribution in [3.05, 3.63) is 318 Å². The summed E-state index contributed by atoms with van der Waals surface area (Å²) < 4.78 is 0. The van der Waals surface area contributed by atoms with Gasteiger partial charge in [0.1, 0.15) is 0 Å². The fourth-order valence-corrected chi connectivity index (χ4v) is 10.4. The summed E-state index contributed by atoms with van der Waals surface area (Å²) in [5.41, 5.74) is 28.0. The topological polar surface area (TPSA) is 0 Å². The van der Waals surface area contributed by atoms with Crippen LogP contribution in [-0.4, -0.2) is 0 Å². The lowest BCUT2D eigenvalue weighted by atomic mass is 9.77. The molecule has 0 saturated carbocycles. The lowest BCUT2D eigenvalue weighted by molar-refractivity contribution is 0.569. The van der Waals surface area contributed by atoms with Gasteiger partial charge in [0.25, 0.3) is 0 Å². The Morgan fingerprint density at radius 3 is 0.721 bits per heavy atom. The Labute approximate surface area is 523 Å². The number of aryl methyl sites for hydroxylation is 18. The summed E-state index contributed by atoms with van der Waals surface area (Å²) >= 11 is 0. The average Bonchev–Trinajstić information content (AvgIpc) is 3.59. The fraction of sp³-hybridized carbons (Fsp3) is 0.302. The first-order valence-electron chi connectivity index (χ1n) is 31.0. The molecule has 0 amide bonds. The summed E-state index contributed by atoms with van der Waals surface area (Å²) in [5, 5.41) is 8.16. The Morgan fingerprint density at radius 2 is 0.430 bits per heavy atom. The van der Waals surface area contributed by atoms with Crippen LogP contribution in [0.15, 0.2) is 206 Å². The van der Waals surface area contributed by atoms with E-state index in [0.29, 0.717) is 0 Å². The van der Waals surface area contributed by atoms with Crippen molar-refractivity contribution in [3.8, 4) is 0 Å². The highest BCUT2D eigenvalue weighted by Crippen LogP contribution is 2.33. The quantitative estimate of drug-likeness (QED) is 0.142. The predicted molar refractivity (Wildman–Crippen MR) is 387 cm³/mol. The van der Waals surface area contributed by atoms with E-state index >= 15 is 0 Å². The molecule has 11 rings (SSSR count). The molecule has 0 fully saturated rings. The van der Waals surface area contributed by atoms with Crippen molar-refractivity contribution in [1.82, 2.24) is 0 Å². The van der Waals surface area contributed by atoms with Crippen molar-refractivity contribution in [2.45, 2.75) is 177 Å². The van der Waals surface area contributed by atoms with Gasteiger partial charge in [-0.3, -0.25) is 0 Å². The van der Waals surface area contributed by atoms with Gasteiger partial charge in [0.05, 0.1) is 0 Å². The van der Waals surface area contributed by atoms with Crippen molar-refractivity contribution < 1.29 is 0 Å². The maximum Gasteiger partial charge on any atom is -0.0129 e. The van der Waals surface area contributed by atoms with Gasteiger partial charge in [-0.1, -0.05) is 281 Å². The number of hydrogen-bond acceptors (Lipinski definition) is 0. The Bertz CT molecular complexity index is 3590. The molecule has 0 atom stereocenters. The smallest absolute Gasteiger partial charge is 0.0129 e. The molecule has 0 heterocycles. The third kappa shape index (κ3) is 22.9. The first-order chi connectivity index (χ1) is 40.4. The average molecular weight is 1140 g/mol. The molecule has 450 valence electrons. The predicted octanol–water partition coefficient (Wildman–Crippen LogP) is 25.1. The molecule has 86 heavy (non-hydrogen) atoms. The van der Waals surface area contributed by atoms with E-state index in [1.54, 1.807) is 0 Å². The van der Waals surface area contributed by atoms with Gasteiger partial charge in [0, 0.05) is 0 Å². The molecule has 11 aromatic carbocycles. The van der Waals surface area contributed by atoms with Crippen molar-refractivity contribution in [2.24, 2.45) is 0 Å². The van der Waals surface area contributed by atoms with Gasteiger partial charge in [-0.05, 0) is 246 Å². The van der Waals surface area contributed by atoms with Crippen LogP contribution in [-0.2, 0) is 10.8 Å². The molecule has 11 aromatic rings. The SMILES string of the molecule is Cc1cc(C(C)(C)C)c(C)cc1C(C)(C)C.Cc1cc(C)c(C)cc1C.Cc1ccc(C)c2ccccc12.Cc1ccc(C)cc1.Cc1ccc2cc(C)ccc2c1.Cc1cccc(C)c1.Cc1cccc2c(C)cccc12.Cc1ccccc1C. The molecular weight excluding hydrogens is 1030 g/mol. The zero-order chi connectivity index (χ0) is 64.1. The Balaban J connectivity index is 0.000000213. The maximum atomic E-state index is 2.37. The Morgan fingerprint density at radius 1 is 0.174 bits per heavy atom. The lowest BCUT2D eigenvalue weighted by Gasteiger charge is -2.28. The molecule has 0 bridgehead atoms. The summed E-state index contributed by atoms with van der Waals surface area (Å²) in [5.74, 6) is 0. The lowest BCUT2D eigenvalue weighted by Crippen LogP contribution is -2.18. The van der Waals surface area contributed by atoms with Crippen LogP contribution in [0, 0.1) is 125 Å². The molecule has 0 radical (unpaired) electrons. The number of rotatable bonds is 0. The molecule has 0 N–H and O–H groups in total. The van der Waals surface area contributed by atoms with Crippen LogP contribution in [0.4, 0.5) is 0 Å². The first kappa shape index (κ1) is 70.7. The van der Waals surface area contributed by atoms with Crippen LogP contribution in [0.3, 0.4) is 0 Å². The fourth-order valence-electron chi connectivity index (χ4n) is 10.4. The summed E-state index contributed by atoms with van der Waals surface area (Å²) in [6, 6.07) is 73.4. The van der Waals surface area contributed by atoms with E-state index in [2.05, 4.69) is 372 Å². The minimum atomic E-state index is 0.241. The van der Waals surface area contributed by atoms with Crippen molar-refractivity contribution in [1.29, 1.82) is 0 Å². The van der Waals surface area contributed by atoms with Gasteiger partial charge in [-0.25, -0.2) is 0 Å². The van der Waals surface area contributed by atoms with E-state index in [-0.39, 0.29) is 10.8 Å². The van der Waals surface area contributed by atoms with Gasteiger partial charge in [0.2, 0.25) is 0 Å². The molecule has 0 aliphatic rings. The van der Waals surface area contributed by atoms with Gasteiger partial charge in [-0.15, -0.1) is 0 Å². The second-order valence-corrected chi connectivity index (χ2v) is 26.2. The molecule has 0 spiro atoms. The third-order valence-electron chi connectivity index (χ3n) is 16.0. The summed E-state index contributed by atoms with van der Waals surface area (Å²) in [6.45, 7) is 52.3. The summed E-state index contributed by atoms with van der Waals surface area (Å²) in [6.07, 6.45) is 0. The molecule has 0 saturated heterocycles. The first-order valence-corrected chi connectivity index (χ1v) is 31.0. The number of benzene rings is 11. The summed E-state index contributed by atoms with van der Waals surface area (Å²) in [4.78, 5) is 0. The van der Waals surface area contributed by atoms with Gasteiger partial charge in [-0.2, -0.15) is 0 Å². The van der Waals surface area contributed by atoms with E-state index in [0.717, 1.165) is 0 Å². The molecule has 0 aromatic heterocycles. The van der Waals surface area contributed by atoms with Crippen LogP contribution in [0.2, 0.25) is 0 Å². The monoisotopic (exact) mass is 1140 g/mol. The van der Waals surface area contributed by atoms with E-state index in [9.17, 15) is 0 Å². The normalized spacial score (nSPS) is 10.6.